The second-order valence-corrected chi connectivity index (χ2v) is 21.5. The van der Waals surface area contributed by atoms with E-state index in [1.165, 1.54) is 43.7 Å². The molecule has 2 aliphatic rings. The first kappa shape index (κ1) is 63.6. The van der Waals surface area contributed by atoms with Crippen molar-refractivity contribution in [3.05, 3.63) is 71.4 Å². The van der Waals surface area contributed by atoms with Gasteiger partial charge in [-0.15, -0.1) is 0 Å². The summed E-state index contributed by atoms with van der Waals surface area (Å²) in [4.78, 5) is 78.2. The summed E-state index contributed by atoms with van der Waals surface area (Å²) in [6, 6.07) is 1.24. The smallest absolute Gasteiger partial charge is 0.462 e. The number of cyclic esters (lactones) is 1. The van der Waals surface area contributed by atoms with Crippen LogP contribution in [0.5, 0.6) is 0 Å². The van der Waals surface area contributed by atoms with Crippen molar-refractivity contribution in [3.63, 3.8) is 0 Å². The van der Waals surface area contributed by atoms with Crippen LogP contribution in [0.4, 0.5) is 5.82 Å². The minimum Gasteiger partial charge on any atom is -0.462 e. The molecule has 0 aliphatic carbocycles. The van der Waals surface area contributed by atoms with E-state index in [4.69, 9.17) is 29.0 Å². The normalized spacial score (nSPS) is 29.6. The summed E-state index contributed by atoms with van der Waals surface area (Å²) in [5, 5.41) is 45.8. The van der Waals surface area contributed by atoms with Crippen LogP contribution in [0.25, 0.3) is 0 Å². The number of hydrogen-bond donors (Lipinski definition) is 7. The Balaban J connectivity index is 1.82. The molecule has 2 fully saturated rings. The van der Waals surface area contributed by atoms with Crippen LogP contribution >= 0.6 is 15.6 Å². The Morgan fingerprint density at radius 3 is 2.15 bits per heavy atom. The van der Waals surface area contributed by atoms with E-state index in [1.54, 1.807) is 0 Å². The van der Waals surface area contributed by atoms with E-state index in [1.807, 2.05) is 19.1 Å². The summed E-state index contributed by atoms with van der Waals surface area (Å²) in [6.07, 6.45) is 16.1. The zero-order valence-corrected chi connectivity index (χ0v) is 44.2. The Labute approximate surface area is 429 Å². The van der Waals surface area contributed by atoms with E-state index < -0.39 is 120 Å². The van der Waals surface area contributed by atoms with E-state index in [2.05, 4.69) is 40.5 Å². The number of hydrogen-bond acceptors (Lipinski definition) is 18. The van der Waals surface area contributed by atoms with Crippen molar-refractivity contribution >= 4 is 39.2 Å². The molecule has 0 saturated carbocycles. The van der Waals surface area contributed by atoms with Crippen molar-refractivity contribution in [2.45, 2.75) is 192 Å². The van der Waals surface area contributed by atoms with Gasteiger partial charge in [-0.25, -0.2) is 13.9 Å². The number of esters is 2. The highest BCUT2D eigenvalue weighted by molar-refractivity contribution is 7.61. The van der Waals surface area contributed by atoms with Crippen molar-refractivity contribution in [3.8, 4) is 0 Å². The molecule has 0 radical (unpaired) electrons. The van der Waals surface area contributed by atoms with Gasteiger partial charge in [0.2, 0.25) is 0 Å². The molecule has 11 atom stereocenters. The van der Waals surface area contributed by atoms with Gasteiger partial charge in [-0.05, 0) is 70.3 Å². The number of phosphoric ester groups is 2. The molecule has 8 N–H and O–H groups in total. The monoisotopic (exact) mass is 1070 g/mol. The molecule has 0 amide bonds. The average molecular weight is 1070 g/mol. The third kappa shape index (κ3) is 25.6. The number of allylic oxidation sites excluding steroid dienone is 6. The minimum absolute atomic E-state index is 0.0477. The lowest BCUT2D eigenvalue weighted by Crippen LogP contribution is -2.51. The molecule has 3 heterocycles. The van der Waals surface area contributed by atoms with Gasteiger partial charge in [-0.2, -0.15) is 9.29 Å². The molecule has 414 valence electrons. The third-order valence-corrected chi connectivity index (χ3v) is 14.9. The highest BCUT2D eigenvalue weighted by atomic mass is 31.3. The molecule has 2 bridgehead atoms. The van der Waals surface area contributed by atoms with Gasteiger partial charge < -0.3 is 50.2 Å². The maximum Gasteiger partial charge on any atom is 0.481 e. The number of aliphatic hydroxyl groups is 4. The number of carbonyl (C=O) groups is 3. The lowest BCUT2D eigenvalue weighted by molar-refractivity contribution is -0.188. The molecular weight excluding hydrogens is 993 g/mol. The van der Waals surface area contributed by atoms with Gasteiger partial charge in [0.1, 0.15) is 36.6 Å². The number of nitrogens with zero attached hydrogens (tertiary/aromatic N) is 2. The van der Waals surface area contributed by atoms with Crippen LogP contribution in [0, 0.1) is 11.8 Å². The van der Waals surface area contributed by atoms with E-state index in [0.29, 0.717) is 57.8 Å². The first-order chi connectivity index (χ1) is 34.9. The number of rotatable bonds is 21. The number of ether oxygens (including phenoxy) is 3. The van der Waals surface area contributed by atoms with Gasteiger partial charge in [0.15, 0.2) is 6.10 Å². The van der Waals surface area contributed by atoms with Crippen LogP contribution < -0.4 is 11.4 Å². The molecule has 3 rings (SSSR count). The van der Waals surface area contributed by atoms with Crippen LogP contribution in [0.15, 0.2) is 65.7 Å². The number of Topliss-reactive ketones (excluding diaryl/α,β-unsaturated/α-hetero) is 1. The fraction of sp³-hybridized carbons (Fsp3) is 0.700. The predicted molar refractivity (Wildman–Crippen MR) is 271 cm³/mol. The molecule has 2 unspecified atom stereocenters. The van der Waals surface area contributed by atoms with Crippen LogP contribution in [0.1, 0.15) is 155 Å². The summed E-state index contributed by atoms with van der Waals surface area (Å²) in [5.41, 5.74) is 4.77. The van der Waals surface area contributed by atoms with Crippen molar-refractivity contribution < 1.29 is 81.3 Å². The second-order valence-electron chi connectivity index (χ2n) is 18.4. The fourth-order valence-electron chi connectivity index (χ4n) is 8.17. The predicted octanol–water partition coefficient (Wildman–Crippen LogP) is 7.14. The van der Waals surface area contributed by atoms with E-state index in [9.17, 15) is 58.5 Å². The summed E-state index contributed by atoms with van der Waals surface area (Å²) >= 11 is 0. The first-order valence-corrected chi connectivity index (χ1v) is 28.7. The van der Waals surface area contributed by atoms with Gasteiger partial charge in [0.05, 0.1) is 37.4 Å². The van der Waals surface area contributed by atoms with Crippen molar-refractivity contribution in [2.75, 3.05) is 25.6 Å². The molecule has 0 aromatic carbocycles. The Morgan fingerprint density at radius 2 is 1.48 bits per heavy atom. The van der Waals surface area contributed by atoms with Gasteiger partial charge in [-0.1, -0.05) is 114 Å². The number of nitrogens with two attached hydrogens (primary N) is 1. The van der Waals surface area contributed by atoms with Crippen molar-refractivity contribution in [1.82, 2.24) is 9.55 Å². The van der Waals surface area contributed by atoms with Crippen LogP contribution in [0.3, 0.4) is 0 Å². The molecule has 0 spiro atoms. The number of carbonyl (C=O) groups excluding carboxylic acids is 3. The number of aliphatic hydroxyl groups excluding tert-OH is 4. The summed E-state index contributed by atoms with van der Waals surface area (Å²) in [5.74, 6) is -5.11. The van der Waals surface area contributed by atoms with Gasteiger partial charge in [0.25, 0.3) is 0 Å². The second kappa shape index (κ2) is 34.8. The van der Waals surface area contributed by atoms with Crippen molar-refractivity contribution in [2.24, 2.45) is 11.8 Å². The zero-order valence-electron chi connectivity index (χ0n) is 42.4. The Kier molecular flexibility index (Phi) is 30.3. The number of aromatic nitrogens is 2. The molecule has 1 aromatic rings. The van der Waals surface area contributed by atoms with Gasteiger partial charge in [-0.3, -0.25) is 28.0 Å². The Hall–Kier alpha value is -3.69. The van der Waals surface area contributed by atoms with Crippen LogP contribution in [0.2, 0.25) is 0 Å². The number of ketones is 1. The maximum atomic E-state index is 14.0. The first-order valence-electron chi connectivity index (χ1n) is 25.8. The third-order valence-electron chi connectivity index (χ3n) is 12.3. The number of anilines is 1. The average Bonchev–Trinajstić information content (AvgIpc) is 3.33. The molecule has 2 saturated heterocycles. The number of phosphoric acid groups is 2. The van der Waals surface area contributed by atoms with E-state index in [0.717, 1.165) is 36.7 Å². The number of unbranched alkanes of at least 4 members (excludes halogenated alkanes) is 7. The maximum absolute atomic E-state index is 14.0. The lowest BCUT2D eigenvalue weighted by Gasteiger charge is -2.39. The summed E-state index contributed by atoms with van der Waals surface area (Å²) in [6.45, 7) is 1.40. The highest BCUT2D eigenvalue weighted by Gasteiger charge is 2.45. The topological polar surface area (TPSA) is 323 Å². The molecular formula is C50H81N3O18P2. The molecule has 21 nitrogen and oxygen atoms in total. The van der Waals surface area contributed by atoms with Crippen LogP contribution in [-0.2, 0) is 51.1 Å². The molecule has 1 aromatic heterocycles. The van der Waals surface area contributed by atoms with Crippen LogP contribution in [-0.4, -0.2) is 114 Å². The minimum atomic E-state index is -5.72. The SMILES string of the molecule is CCCCC/C=C\C/C=C\C/C=C\CCCCC(=O)O[C@@H]1COC(=O)CCCCCC[C@@H]2[C@H](n3ccc(N)nc3=O)O[C@H](COP(=O)(O)OP(=O)(O)OC1)[C@@H](O)[C@@H](O)[C@@H](/C=C/[C@@H](O)CCCCC)C(=O)C[C@@H]2O. The number of fused-ring (bicyclic) bond motifs is 3. The highest BCUT2D eigenvalue weighted by Crippen LogP contribution is 2.60. The molecule has 2 aliphatic heterocycles. The van der Waals surface area contributed by atoms with Gasteiger partial charge in [0, 0.05) is 31.4 Å². The van der Waals surface area contributed by atoms with Crippen molar-refractivity contribution in [1.29, 1.82) is 0 Å². The quantitative estimate of drug-likeness (QED) is 0.0278. The zero-order chi connectivity index (χ0) is 53.7. The lowest BCUT2D eigenvalue weighted by atomic mass is 9.83. The number of nitrogen functional groups attached to an aromatic ring is 1. The Bertz CT molecular complexity index is 2080. The standard InChI is InChI=1S/C50H81N3O18P2/c1-3-5-7-8-9-10-11-12-13-14-15-16-17-18-24-28-46(58)69-38-34-66-45(57)27-23-20-19-22-26-40-42(56)33-41(55)39(30-29-37(54)25-21-6-4-2)47(59)48(60)43(36-68-73(64,65)71-72(62,63)67-35-38)70-49(40)53-32-31-44(51)52-50(53)61/h9-10,12-13,15-16,29-32,37-40,42-43,47-49,54,56,59-60H,3-8,11,14,17-28,33-36H2,1-2H3,(H,62,63)(H,64,65)(H2,51,52,61)/b10-9-,13-12-,16-15-,30-29+/t37-,38+,39-,40-,42-,43+,47-,48+,49+/m0/s1. The largest absolute Gasteiger partial charge is 0.481 e. The van der Waals surface area contributed by atoms with E-state index >= 15 is 0 Å². The summed E-state index contributed by atoms with van der Waals surface area (Å²) in [7, 11) is -11.3. The molecule has 23 heteroatoms. The Morgan fingerprint density at radius 1 is 0.849 bits per heavy atom. The molecule has 73 heavy (non-hydrogen) atoms. The van der Waals surface area contributed by atoms with Gasteiger partial charge >= 0.3 is 33.3 Å². The van der Waals surface area contributed by atoms with E-state index in [-0.39, 0.29) is 25.1 Å². The summed E-state index contributed by atoms with van der Waals surface area (Å²) < 4.78 is 59.0. The fourth-order valence-corrected chi connectivity index (χ4v) is 10.3.